The first-order chi connectivity index (χ1) is 9.66. The second-order valence-electron chi connectivity index (χ2n) is 5.39. The number of carbonyl (C=O) groups is 1. The standard InChI is InChI=1S/C12H24O5SSi3/c1-6-19(3)15-20(4,7-2)17-21(5,16-19)11-10-18-9-8-12(13)14/h6-7H,1-2,8-11H2,3-5H3,(H,13,14). The van der Waals surface area contributed by atoms with Crippen LogP contribution < -0.4 is 0 Å². The summed E-state index contributed by atoms with van der Waals surface area (Å²) in [6.07, 6.45) is 0.187. The highest BCUT2D eigenvalue weighted by Gasteiger charge is 2.54. The molecule has 1 heterocycles. The van der Waals surface area contributed by atoms with E-state index in [1.54, 1.807) is 23.2 Å². The maximum atomic E-state index is 10.5. The highest BCUT2D eigenvalue weighted by molar-refractivity contribution is 7.99. The number of rotatable bonds is 8. The van der Waals surface area contributed by atoms with E-state index < -0.39 is 31.7 Å². The monoisotopic (exact) mass is 364 g/mol. The molecule has 1 fully saturated rings. The molecule has 1 rings (SSSR count). The maximum absolute atomic E-state index is 10.5. The molecular weight excluding hydrogens is 340 g/mol. The normalized spacial score (nSPS) is 36.1. The molecule has 0 amide bonds. The second kappa shape index (κ2) is 7.40. The average Bonchev–Trinajstić information content (AvgIpc) is 2.36. The molecular formula is C12H24O5SSi3. The summed E-state index contributed by atoms with van der Waals surface area (Å²) >= 11 is 1.62. The number of thioether (sulfide) groups is 1. The van der Waals surface area contributed by atoms with Gasteiger partial charge in [0.05, 0.1) is 6.42 Å². The van der Waals surface area contributed by atoms with Crippen molar-refractivity contribution in [1.29, 1.82) is 0 Å². The van der Waals surface area contributed by atoms with Gasteiger partial charge >= 0.3 is 31.7 Å². The predicted octanol–water partition coefficient (Wildman–Crippen LogP) is 2.92. The topological polar surface area (TPSA) is 65.0 Å². The SMILES string of the molecule is C=C[Si]1(C)O[Si](C)(C=C)O[Si](C)(CCSCCC(=O)O)O1. The van der Waals surface area contributed by atoms with E-state index in [0.717, 1.165) is 11.8 Å². The molecule has 1 aliphatic heterocycles. The fourth-order valence-electron chi connectivity index (χ4n) is 2.11. The highest BCUT2D eigenvalue weighted by atomic mass is 32.2. The van der Waals surface area contributed by atoms with E-state index >= 15 is 0 Å². The Labute approximate surface area is 134 Å². The summed E-state index contributed by atoms with van der Waals surface area (Å²) in [6, 6.07) is 0.813. The lowest BCUT2D eigenvalue weighted by atomic mass is 10.5. The Hall–Kier alpha value is -0.169. The molecule has 0 spiro atoms. The van der Waals surface area contributed by atoms with Gasteiger partial charge in [-0.3, -0.25) is 4.79 Å². The molecule has 0 radical (unpaired) electrons. The molecule has 1 saturated heterocycles. The van der Waals surface area contributed by atoms with Gasteiger partial charge < -0.3 is 17.5 Å². The fourth-order valence-corrected chi connectivity index (χ4v) is 18.5. The minimum absolute atomic E-state index is 0.187. The van der Waals surface area contributed by atoms with Crippen molar-refractivity contribution >= 4 is 43.4 Å². The van der Waals surface area contributed by atoms with Crippen LogP contribution in [0.5, 0.6) is 0 Å². The van der Waals surface area contributed by atoms with Gasteiger partial charge in [0, 0.05) is 5.75 Å². The van der Waals surface area contributed by atoms with Crippen LogP contribution in [0, 0.1) is 0 Å². The van der Waals surface area contributed by atoms with Crippen molar-refractivity contribution in [2.45, 2.75) is 32.1 Å². The van der Waals surface area contributed by atoms with Crippen molar-refractivity contribution in [2.24, 2.45) is 0 Å². The average molecular weight is 365 g/mol. The maximum Gasteiger partial charge on any atom is 0.343 e. The number of hydrogen-bond donors (Lipinski definition) is 1. The Bertz CT molecular complexity index is 400. The molecule has 9 heteroatoms. The first-order valence-electron chi connectivity index (χ1n) is 6.83. The van der Waals surface area contributed by atoms with E-state index in [9.17, 15) is 4.79 Å². The minimum atomic E-state index is -2.40. The third-order valence-corrected chi connectivity index (χ3v) is 17.1. The summed E-state index contributed by atoms with van der Waals surface area (Å²) in [4.78, 5) is 10.5. The lowest BCUT2D eigenvalue weighted by Gasteiger charge is -2.48. The summed E-state index contributed by atoms with van der Waals surface area (Å²) in [5.74, 6) is 0.685. The molecule has 1 aliphatic rings. The number of aliphatic carboxylic acids is 1. The van der Waals surface area contributed by atoms with Crippen LogP contribution in [0.4, 0.5) is 0 Å². The van der Waals surface area contributed by atoms with Crippen molar-refractivity contribution in [3.63, 3.8) is 0 Å². The first kappa shape index (κ1) is 18.9. The van der Waals surface area contributed by atoms with Crippen LogP contribution in [0.3, 0.4) is 0 Å². The zero-order chi connectivity index (χ0) is 16.1. The molecule has 5 nitrogen and oxygen atoms in total. The molecule has 120 valence electrons. The van der Waals surface area contributed by atoms with Crippen LogP contribution >= 0.6 is 11.8 Å². The van der Waals surface area contributed by atoms with E-state index in [1.807, 2.05) is 13.1 Å². The molecule has 1 N–H and O–H groups in total. The fraction of sp³-hybridized carbons (Fsp3) is 0.583. The highest BCUT2D eigenvalue weighted by Crippen LogP contribution is 2.34. The van der Waals surface area contributed by atoms with Gasteiger partial charge in [-0.1, -0.05) is 11.4 Å². The van der Waals surface area contributed by atoms with Crippen LogP contribution in [0.25, 0.3) is 0 Å². The van der Waals surface area contributed by atoms with Crippen LogP contribution in [0.2, 0.25) is 25.7 Å². The predicted molar refractivity (Wildman–Crippen MR) is 92.9 cm³/mol. The summed E-state index contributed by atoms with van der Waals surface area (Å²) in [5.41, 5.74) is 3.60. The van der Waals surface area contributed by atoms with E-state index in [2.05, 4.69) is 19.7 Å². The van der Waals surface area contributed by atoms with Crippen molar-refractivity contribution in [2.75, 3.05) is 11.5 Å². The van der Waals surface area contributed by atoms with Gasteiger partial charge in [0.25, 0.3) is 0 Å². The largest absolute Gasteiger partial charge is 0.481 e. The van der Waals surface area contributed by atoms with Gasteiger partial charge in [-0.15, -0.1) is 13.2 Å². The van der Waals surface area contributed by atoms with Gasteiger partial charge in [0.1, 0.15) is 0 Å². The summed E-state index contributed by atoms with van der Waals surface area (Å²) in [6.45, 7) is 13.7. The first-order valence-corrected chi connectivity index (χ1v) is 15.3. The van der Waals surface area contributed by atoms with Crippen molar-refractivity contribution in [3.8, 4) is 0 Å². The zero-order valence-corrected chi connectivity index (χ0v) is 16.7. The molecule has 0 bridgehead atoms. The van der Waals surface area contributed by atoms with Gasteiger partial charge in [-0.25, -0.2) is 0 Å². The molecule has 2 atom stereocenters. The summed E-state index contributed by atoms with van der Waals surface area (Å²) in [5, 5.41) is 8.63. The molecule has 2 unspecified atom stereocenters. The number of carboxylic acid groups (broad SMARTS) is 1. The molecule has 0 aromatic heterocycles. The third kappa shape index (κ3) is 5.85. The van der Waals surface area contributed by atoms with Crippen molar-refractivity contribution in [1.82, 2.24) is 0 Å². The van der Waals surface area contributed by atoms with Gasteiger partial charge in [0.2, 0.25) is 0 Å². The van der Waals surface area contributed by atoms with Gasteiger partial charge in [-0.2, -0.15) is 11.8 Å². The van der Waals surface area contributed by atoms with E-state index in [4.69, 9.17) is 17.5 Å². The van der Waals surface area contributed by atoms with E-state index in [0.29, 0.717) is 5.75 Å². The Morgan fingerprint density at radius 2 is 1.62 bits per heavy atom. The number of hydrogen-bond acceptors (Lipinski definition) is 5. The quantitative estimate of drug-likeness (QED) is 0.528. The lowest BCUT2D eigenvalue weighted by molar-refractivity contribution is -0.136. The van der Waals surface area contributed by atoms with Crippen LogP contribution in [0.15, 0.2) is 24.6 Å². The molecule has 21 heavy (non-hydrogen) atoms. The second-order valence-corrected chi connectivity index (χ2v) is 16.7. The summed E-state index contributed by atoms with van der Waals surface area (Å²) in [7, 11) is -7.14. The van der Waals surface area contributed by atoms with Crippen LogP contribution in [-0.4, -0.2) is 48.3 Å². The zero-order valence-electron chi connectivity index (χ0n) is 12.9. The number of carboxylic acids is 1. The van der Waals surface area contributed by atoms with Crippen LogP contribution in [-0.2, 0) is 17.1 Å². The molecule has 0 aliphatic carbocycles. The Morgan fingerprint density at radius 1 is 1.10 bits per heavy atom. The Balaban J connectivity index is 2.63. The Kier molecular flexibility index (Phi) is 6.65. The summed E-state index contributed by atoms with van der Waals surface area (Å²) < 4.78 is 18.5. The van der Waals surface area contributed by atoms with Crippen LogP contribution in [0.1, 0.15) is 6.42 Å². The lowest BCUT2D eigenvalue weighted by Crippen LogP contribution is -2.66. The van der Waals surface area contributed by atoms with Gasteiger partial charge in [0.15, 0.2) is 0 Å². The minimum Gasteiger partial charge on any atom is -0.481 e. The van der Waals surface area contributed by atoms with E-state index in [-0.39, 0.29) is 6.42 Å². The smallest absolute Gasteiger partial charge is 0.343 e. The van der Waals surface area contributed by atoms with Crippen molar-refractivity contribution in [3.05, 3.63) is 24.6 Å². The third-order valence-electron chi connectivity index (χ3n) is 3.14. The molecule has 0 saturated carbocycles. The van der Waals surface area contributed by atoms with Gasteiger partial charge in [-0.05, 0) is 31.4 Å². The Morgan fingerprint density at radius 3 is 2.05 bits per heavy atom. The molecule has 0 aromatic rings. The van der Waals surface area contributed by atoms with Crippen molar-refractivity contribution < 1.29 is 22.2 Å². The molecule has 0 aromatic carbocycles. The van der Waals surface area contributed by atoms with E-state index in [1.165, 1.54) is 0 Å².